The largest absolute Gasteiger partial charge is 0.489 e. The molecule has 1 aliphatic rings. The van der Waals surface area contributed by atoms with E-state index in [1.54, 1.807) is 18.2 Å². The minimum Gasteiger partial charge on any atom is -0.489 e. The standard InChI is InChI=1S/C18H14ClFO3/c19-15-10-12(11-17-18(15)23-9-1-8-22-17)2-7-16(21)13-3-5-14(20)6-4-13/h2-7,10-11H,1,8-9H2/b7-2+. The van der Waals surface area contributed by atoms with Crippen molar-refractivity contribution in [2.75, 3.05) is 13.2 Å². The second-order valence-corrected chi connectivity index (χ2v) is 5.49. The third-order valence-corrected chi connectivity index (χ3v) is 3.66. The maximum atomic E-state index is 12.9. The van der Waals surface area contributed by atoms with Gasteiger partial charge in [0, 0.05) is 12.0 Å². The summed E-state index contributed by atoms with van der Waals surface area (Å²) in [5.41, 5.74) is 1.15. The van der Waals surface area contributed by atoms with Crippen molar-refractivity contribution >= 4 is 23.5 Å². The van der Waals surface area contributed by atoms with Gasteiger partial charge < -0.3 is 9.47 Å². The Morgan fingerprint density at radius 2 is 1.87 bits per heavy atom. The first kappa shape index (κ1) is 15.6. The Balaban J connectivity index is 1.82. The predicted octanol–water partition coefficient (Wildman–Crippen LogP) is 4.54. The van der Waals surface area contributed by atoms with Crippen LogP contribution in [0.2, 0.25) is 5.02 Å². The summed E-state index contributed by atoms with van der Waals surface area (Å²) in [7, 11) is 0. The van der Waals surface area contributed by atoms with Gasteiger partial charge in [-0.15, -0.1) is 0 Å². The zero-order valence-corrected chi connectivity index (χ0v) is 13.0. The van der Waals surface area contributed by atoms with Crippen LogP contribution in [0.4, 0.5) is 4.39 Å². The van der Waals surface area contributed by atoms with Gasteiger partial charge in [0.05, 0.1) is 18.2 Å². The highest BCUT2D eigenvalue weighted by Crippen LogP contribution is 2.38. The van der Waals surface area contributed by atoms with E-state index in [2.05, 4.69) is 0 Å². The van der Waals surface area contributed by atoms with Crippen LogP contribution in [0.3, 0.4) is 0 Å². The molecule has 1 aliphatic heterocycles. The van der Waals surface area contributed by atoms with Crippen molar-refractivity contribution in [2.24, 2.45) is 0 Å². The van der Waals surface area contributed by atoms with E-state index in [0.717, 1.165) is 12.0 Å². The van der Waals surface area contributed by atoms with Gasteiger partial charge in [-0.05, 0) is 48.0 Å². The molecule has 0 fully saturated rings. The van der Waals surface area contributed by atoms with Crippen LogP contribution in [0.25, 0.3) is 6.08 Å². The van der Waals surface area contributed by atoms with Crippen LogP contribution in [0.5, 0.6) is 11.5 Å². The maximum absolute atomic E-state index is 12.9. The second-order valence-electron chi connectivity index (χ2n) is 5.08. The van der Waals surface area contributed by atoms with E-state index in [9.17, 15) is 9.18 Å². The maximum Gasteiger partial charge on any atom is 0.185 e. The molecule has 3 rings (SSSR count). The topological polar surface area (TPSA) is 35.5 Å². The minimum atomic E-state index is -0.375. The zero-order valence-electron chi connectivity index (χ0n) is 12.2. The molecule has 0 aliphatic carbocycles. The Morgan fingerprint density at radius 3 is 2.65 bits per heavy atom. The lowest BCUT2D eigenvalue weighted by Crippen LogP contribution is -1.97. The molecular formula is C18H14ClFO3. The van der Waals surface area contributed by atoms with Crippen LogP contribution in [-0.2, 0) is 0 Å². The van der Waals surface area contributed by atoms with Crippen molar-refractivity contribution in [3.63, 3.8) is 0 Å². The molecule has 1 heterocycles. The highest BCUT2D eigenvalue weighted by molar-refractivity contribution is 6.32. The normalized spacial score (nSPS) is 13.8. The summed E-state index contributed by atoms with van der Waals surface area (Å²) in [5, 5.41) is 0.443. The molecule has 0 atom stereocenters. The second kappa shape index (κ2) is 6.84. The third kappa shape index (κ3) is 3.71. The summed E-state index contributed by atoms with van der Waals surface area (Å²) in [5.74, 6) is 0.517. The van der Waals surface area contributed by atoms with Crippen LogP contribution in [-0.4, -0.2) is 19.0 Å². The molecule has 0 radical (unpaired) electrons. The summed E-state index contributed by atoms with van der Waals surface area (Å²) in [6, 6.07) is 8.90. The fourth-order valence-corrected chi connectivity index (χ4v) is 2.50. The first-order valence-electron chi connectivity index (χ1n) is 7.20. The number of carbonyl (C=O) groups excluding carboxylic acids is 1. The molecule has 0 bridgehead atoms. The van der Waals surface area contributed by atoms with Gasteiger partial charge >= 0.3 is 0 Å². The van der Waals surface area contributed by atoms with E-state index >= 15 is 0 Å². The molecule has 0 amide bonds. The SMILES string of the molecule is O=C(/C=C/c1cc(Cl)c2c(c1)OCCCO2)c1ccc(F)cc1. The van der Waals surface area contributed by atoms with Gasteiger partial charge in [-0.2, -0.15) is 0 Å². The molecule has 3 nitrogen and oxygen atoms in total. The van der Waals surface area contributed by atoms with E-state index in [1.807, 2.05) is 0 Å². The highest BCUT2D eigenvalue weighted by atomic mass is 35.5. The summed E-state index contributed by atoms with van der Waals surface area (Å²) >= 11 is 6.20. The van der Waals surface area contributed by atoms with Crippen molar-refractivity contribution < 1.29 is 18.7 Å². The molecule has 0 saturated heterocycles. The summed E-state index contributed by atoms with van der Waals surface area (Å²) < 4.78 is 24.0. The fraction of sp³-hybridized carbons (Fsp3) is 0.167. The van der Waals surface area contributed by atoms with Crippen molar-refractivity contribution in [1.29, 1.82) is 0 Å². The molecule has 0 spiro atoms. The Hall–Kier alpha value is -2.33. The number of benzene rings is 2. The molecule has 2 aromatic rings. The smallest absolute Gasteiger partial charge is 0.185 e. The lowest BCUT2D eigenvalue weighted by atomic mass is 10.1. The van der Waals surface area contributed by atoms with E-state index in [1.165, 1.54) is 30.3 Å². The molecule has 0 saturated carbocycles. The van der Waals surface area contributed by atoms with Crippen molar-refractivity contribution in [1.82, 2.24) is 0 Å². The van der Waals surface area contributed by atoms with Crippen molar-refractivity contribution in [3.8, 4) is 11.5 Å². The molecule has 0 unspecified atom stereocenters. The number of ketones is 1. The Kier molecular flexibility index (Phi) is 4.63. The quantitative estimate of drug-likeness (QED) is 0.611. The van der Waals surface area contributed by atoms with Gasteiger partial charge in [-0.3, -0.25) is 4.79 Å². The Morgan fingerprint density at radius 1 is 1.13 bits per heavy atom. The van der Waals surface area contributed by atoms with Gasteiger partial charge in [0.25, 0.3) is 0 Å². The fourth-order valence-electron chi connectivity index (χ4n) is 2.23. The molecular weight excluding hydrogens is 319 g/mol. The van der Waals surface area contributed by atoms with Crippen LogP contribution in [0.1, 0.15) is 22.3 Å². The van der Waals surface area contributed by atoms with E-state index in [0.29, 0.717) is 35.3 Å². The van der Waals surface area contributed by atoms with Gasteiger partial charge in [-0.1, -0.05) is 17.7 Å². The number of carbonyl (C=O) groups is 1. The molecule has 0 aromatic heterocycles. The first-order valence-corrected chi connectivity index (χ1v) is 7.58. The number of fused-ring (bicyclic) bond motifs is 1. The van der Waals surface area contributed by atoms with E-state index in [4.69, 9.17) is 21.1 Å². The van der Waals surface area contributed by atoms with Crippen LogP contribution in [0, 0.1) is 5.82 Å². The number of hydrogen-bond donors (Lipinski definition) is 0. The van der Waals surface area contributed by atoms with E-state index in [-0.39, 0.29) is 11.6 Å². The van der Waals surface area contributed by atoms with Gasteiger partial charge in [0.2, 0.25) is 0 Å². The van der Waals surface area contributed by atoms with Gasteiger partial charge in [0.1, 0.15) is 5.82 Å². The third-order valence-electron chi connectivity index (χ3n) is 3.38. The monoisotopic (exact) mass is 332 g/mol. The molecule has 118 valence electrons. The number of halogens is 2. The van der Waals surface area contributed by atoms with E-state index < -0.39 is 0 Å². The molecule has 0 N–H and O–H groups in total. The lowest BCUT2D eigenvalue weighted by molar-refractivity contribution is 0.104. The number of rotatable bonds is 3. The number of allylic oxidation sites excluding steroid dienone is 1. The summed E-state index contributed by atoms with van der Waals surface area (Å²) in [6.07, 6.45) is 3.86. The average molecular weight is 333 g/mol. The molecule has 2 aromatic carbocycles. The lowest BCUT2D eigenvalue weighted by Gasteiger charge is -2.09. The first-order chi connectivity index (χ1) is 11.1. The Bertz CT molecular complexity index is 754. The van der Waals surface area contributed by atoms with Crippen LogP contribution < -0.4 is 9.47 Å². The average Bonchev–Trinajstić information content (AvgIpc) is 2.79. The number of hydrogen-bond acceptors (Lipinski definition) is 3. The minimum absolute atomic E-state index is 0.215. The van der Waals surface area contributed by atoms with Crippen LogP contribution in [0.15, 0.2) is 42.5 Å². The number of ether oxygens (including phenoxy) is 2. The van der Waals surface area contributed by atoms with Gasteiger partial charge in [-0.25, -0.2) is 4.39 Å². The Labute approximate surface area is 138 Å². The highest BCUT2D eigenvalue weighted by Gasteiger charge is 2.15. The molecule has 23 heavy (non-hydrogen) atoms. The summed E-state index contributed by atoms with van der Waals surface area (Å²) in [6.45, 7) is 1.12. The predicted molar refractivity (Wildman–Crippen MR) is 86.8 cm³/mol. The summed E-state index contributed by atoms with van der Waals surface area (Å²) in [4.78, 5) is 12.1. The molecule has 5 heteroatoms. The van der Waals surface area contributed by atoms with Crippen molar-refractivity contribution in [2.45, 2.75) is 6.42 Å². The van der Waals surface area contributed by atoms with Gasteiger partial charge in [0.15, 0.2) is 17.3 Å². The van der Waals surface area contributed by atoms with Crippen LogP contribution >= 0.6 is 11.6 Å². The van der Waals surface area contributed by atoms with Crippen molar-refractivity contribution in [3.05, 3.63) is 64.4 Å². The zero-order chi connectivity index (χ0) is 16.2.